The monoisotopic (exact) mass is 308 g/mol. The molecule has 0 amide bonds. The smallest absolute Gasteiger partial charge is 0.238 e. The molecule has 6 heteroatoms. The molecule has 0 unspecified atom stereocenters. The van der Waals surface area contributed by atoms with Crippen LogP contribution < -0.4 is 16.0 Å². The molecule has 0 aliphatic heterocycles. The Morgan fingerprint density at radius 1 is 1.28 bits per heavy atom. The number of hydrogen-bond donors (Lipinski definition) is 2. The summed E-state index contributed by atoms with van der Waals surface area (Å²) in [4.78, 5) is 8.04. The molecule has 0 saturated heterocycles. The number of nitrogen functional groups attached to an aromatic ring is 1. The van der Waals surface area contributed by atoms with Gasteiger partial charge in [-0.3, -0.25) is 0 Å². The van der Waals surface area contributed by atoms with E-state index in [1.165, 1.54) is 6.33 Å². The van der Waals surface area contributed by atoms with Crippen LogP contribution in [0.25, 0.3) is 0 Å². The molecular weight excluding hydrogens is 296 g/mol. The number of hydrazine groups is 1. The molecule has 3 N–H and O–H groups in total. The van der Waals surface area contributed by atoms with Gasteiger partial charge in [0.2, 0.25) is 5.88 Å². The molecule has 1 aromatic heterocycles. The first-order chi connectivity index (χ1) is 8.63. The van der Waals surface area contributed by atoms with Crippen molar-refractivity contribution in [3.8, 4) is 11.6 Å². The van der Waals surface area contributed by atoms with Gasteiger partial charge in [0, 0.05) is 0 Å². The van der Waals surface area contributed by atoms with E-state index in [1.54, 1.807) is 0 Å². The number of aryl methyl sites for hydroxylation is 1. The van der Waals surface area contributed by atoms with Crippen LogP contribution in [0.3, 0.4) is 0 Å². The Morgan fingerprint density at radius 3 is 2.78 bits per heavy atom. The quantitative estimate of drug-likeness (QED) is 0.673. The fourth-order valence-electron chi connectivity index (χ4n) is 1.46. The topological polar surface area (TPSA) is 73.1 Å². The average molecular weight is 309 g/mol. The second-order valence-corrected chi connectivity index (χ2v) is 4.58. The van der Waals surface area contributed by atoms with Gasteiger partial charge in [-0.1, -0.05) is 12.1 Å². The molecule has 0 radical (unpaired) electrons. The fraction of sp³-hybridized carbons (Fsp3) is 0.167. The normalized spacial score (nSPS) is 10.2. The van der Waals surface area contributed by atoms with Gasteiger partial charge in [0.1, 0.15) is 16.5 Å². The summed E-state index contributed by atoms with van der Waals surface area (Å²) >= 11 is 3.35. The van der Waals surface area contributed by atoms with Gasteiger partial charge in [-0.2, -0.15) is 0 Å². The minimum absolute atomic E-state index is 0.423. The molecule has 0 bridgehead atoms. The highest BCUT2D eigenvalue weighted by Crippen LogP contribution is 2.33. The standard InChI is InChI=1S/C12H13BrN4O/c1-7-4-3-5-9(8(7)2)18-12-10(13)11(17-14)15-6-16-12/h3-6H,14H2,1-2H3,(H,15,16,17). The van der Waals surface area contributed by atoms with Gasteiger partial charge in [0.05, 0.1) is 0 Å². The predicted molar refractivity (Wildman–Crippen MR) is 73.5 cm³/mol. The van der Waals surface area contributed by atoms with Crippen molar-refractivity contribution in [1.82, 2.24) is 9.97 Å². The number of ether oxygens (including phenoxy) is 1. The van der Waals surface area contributed by atoms with Crippen molar-refractivity contribution in [3.05, 3.63) is 40.1 Å². The second kappa shape index (κ2) is 5.32. The number of rotatable bonds is 3. The largest absolute Gasteiger partial charge is 0.437 e. The maximum absolute atomic E-state index is 5.77. The van der Waals surface area contributed by atoms with Gasteiger partial charge in [-0.15, -0.1) is 0 Å². The summed E-state index contributed by atoms with van der Waals surface area (Å²) in [6.45, 7) is 4.03. The van der Waals surface area contributed by atoms with E-state index in [-0.39, 0.29) is 0 Å². The third-order valence-corrected chi connectivity index (χ3v) is 3.37. The van der Waals surface area contributed by atoms with E-state index in [4.69, 9.17) is 10.6 Å². The highest BCUT2D eigenvalue weighted by atomic mass is 79.9. The molecular formula is C12H13BrN4O. The Bertz CT molecular complexity index is 574. The number of anilines is 1. The van der Waals surface area contributed by atoms with Crippen molar-refractivity contribution in [2.75, 3.05) is 5.43 Å². The summed E-state index contributed by atoms with van der Waals surface area (Å²) < 4.78 is 6.36. The third kappa shape index (κ3) is 2.44. The van der Waals surface area contributed by atoms with Crippen LogP contribution in [0.2, 0.25) is 0 Å². The molecule has 1 aromatic carbocycles. The molecule has 1 heterocycles. The molecule has 18 heavy (non-hydrogen) atoms. The second-order valence-electron chi connectivity index (χ2n) is 3.79. The number of nitrogens with one attached hydrogen (secondary N) is 1. The number of nitrogens with zero attached hydrogens (tertiary/aromatic N) is 2. The van der Waals surface area contributed by atoms with Crippen molar-refractivity contribution in [2.45, 2.75) is 13.8 Å². The third-order valence-electron chi connectivity index (χ3n) is 2.66. The van der Waals surface area contributed by atoms with Crippen LogP contribution in [0.4, 0.5) is 5.82 Å². The highest BCUT2D eigenvalue weighted by Gasteiger charge is 2.11. The van der Waals surface area contributed by atoms with Crippen LogP contribution in [0.1, 0.15) is 11.1 Å². The molecule has 0 fully saturated rings. The first-order valence-electron chi connectivity index (χ1n) is 5.34. The summed E-state index contributed by atoms with van der Waals surface area (Å²) in [5.41, 5.74) is 4.71. The fourth-order valence-corrected chi connectivity index (χ4v) is 1.86. The van der Waals surface area contributed by atoms with Gasteiger partial charge < -0.3 is 10.2 Å². The molecule has 0 atom stereocenters. The van der Waals surface area contributed by atoms with Crippen molar-refractivity contribution >= 4 is 21.7 Å². The lowest BCUT2D eigenvalue weighted by molar-refractivity contribution is 0.454. The van der Waals surface area contributed by atoms with E-state index >= 15 is 0 Å². The van der Waals surface area contributed by atoms with Gasteiger partial charge in [0.15, 0.2) is 5.82 Å². The lowest BCUT2D eigenvalue weighted by Gasteiger charge is -2.11. The summed E-state index contributed by atoms with van der Waals surface area (Å²) in [6.07, 6.45) is 1.39. The van der Waals surface area contributed by atoms with Crippen LogP contribution in [-0.4, -0.2) is 9.97 Å². The zero-order valence-corrected chi connectivity index (χ0v) is 11.7. The molecule has 2 rings (SSSR count). The molecule has 0 aliphatic carbocycles. The first kappa shape index (κ1) is 12.8. The van der Waals surface area contributed by atoms with Crippen molar-refractivity contribution in [3.63, 3.8) is 0 Å². The molecule has 0 saturated carbocycles. The number of nitrogens with two attached hydrogens (primary N) is 1. The zero-order valence-electron chi connectivity index (χ0n) is 10.1. The molecule has 0 aliphatic rings. The average Bonchev–Trinajstić information content (AvgIpc) is 2.37. The van der Waals surface area contributed by atoms with Gasteiger partial charge in [-0.05, 0) is 47.0 Å². The van der Waals surface area contributed by atoms with E-state index in [0.29, 0.717) is 16.2 Å². The number of hydrogen-bond acceptors (Lipinski definition) is 5. The maximum Gasteiger partial charge on any atom is 0.238 e. The highest BCUT2D eigenvalue weighted by molar-refractivity contribution is 9.10. The Hall–Kier alpha value is -1.66. The van der Waals surface area contributed by atoms with E-state index in [0.717, 1.165) is 16.9 Å². The van der Waals surface area contributed by atoms with Crippen molar-refractivity contribution < 1.29 is 4.74 Å². The van der Waals surface area contributed by atoms with E-state index in [2.05, 4.69) is 31.3 Å². The summed E-state index contributed by atoms with van der Waals surface area (Å²) in [6, 6.07) is 5.87. The minimum Gasteiger partial charge on any atom is -0.437 e. The lowest BCUT2D eigenvalue weighted by Crippen LogP contribution is -2.10. The maximum atomic E-state index is 5.77. The SMILES string of the molecule is Cc1cccc(Oc2ncnc(NN)c2Br)c1C. The zero-order chi connectivity index (χ0) is 13.1. The van der Waals surface area contributed by atoms with Crippen LogP contribution >= 0.6 is 15.9 Å². The number of aromatic nitrogens is 2. The van der Waals surface area contributed by atoms with Crippen LogP contribution in [0, 0.1) is 13.8 Å². The summed E-state index contributed by atoms with van der Waals surface area (Å²) in [7, 11) is 0. The minimum atomic E-state index is 0.423. The van der Waals surface area contributed by atoms with Gasteiger partial charge >= 0.3 is 0 Å². The van der Waals surface area contributed by atoms with Crippen LogP contribution in [-0.2, 0) is 0 Å². The van der Waals surface area contributed by atoms with E-state index in [9.17, 15) is 0 Å². The van der Waals surface area contributed by atoms with E-state index in [1.807, 2.05) is 32.0 Å². The van der Waals surface area contributed by atoms with Gasteiger partial charge in [-0.25, -0.2) is 15.8 Å². The van der Waals surface area contributed by atoms with Gasteiger partial charge in [0.25, 0.3) is 0 Å². The molecule has 0 spiro atoms. The lowest BCUT2D eigenvalue weighted by atomic mass is 10.1. The van der Waals surface area contributed by atoms with E-state index < -0.39 is 0 Å². The molecule has 5 nitrogen and oxygen atoms in total. The molecule has 2 aromatic rings. The first-order valence-corrected chi connectivity index (χ1v) is 6.14. The summed E-state index contributed by atoms with van der Waals surface area (Å²) in [5, 5.41) is 0. The Balaban J connectivity index is 2.37. The predicted octanol–water partition coefficient (Wildman–Crippen LogP) is 2.93. The molecule has 94 valence electrons. The van der Waals surface area contributed by atoms with Crippen molar-refractivity contribution in [2.24, 2.45) is 5.84 Å². The Labute approximate surface area is 113 Å². The van der Waals surface area contributed by atoms with Crippen LogP contribution in [0.5, 0.6) is 11.6 Å². The summed E-state index contributed by atoms with van der Waals surface area (Å²) in [5.74, 6) is 7.00. The Kier molecular flexibility index (Phi) is 3.78. The number of benzene rings is 1. The van der Waals surface area contributed by atoms with Crippen LogP contribution in [0.15, 0.2) is 29.0 Å². The number of halogens is 1. The van der Waals surface area contributed by atoms with Crippen molar-refractivity contribution in [1.29, 1.82) is 0 Å². The Morgan fingerprint density at radius 2 is 2.06 bits per heavy atom.